The predicted molar refractivity (Wildman–Crippen MR) is 128 cm³/mol. The lowest BCUT2D eigenvalue weighted by Gasteiger charge is -2.15. The van der Waals surface area contributed by atoms with Gasteiger partial charge in [-0.05, 0) is 69.6 Å². The molecule has 0 unspecified atom stereocenters. The molecule has 7 heteroatoms. The van der Waals surface area contributed by atoms with Crippen LogP contribution in [-0.4, -0.2) is 30.5 Å². The normalized spacial score (nSPS) is 14.9. The summed E-state index contributed by atoms with van der Waals surface area (Å²) in [6, 6.07) is 17.6. The maximum Gasteiger partial charge on any atom is 0.328 e. The first-order chi connectivity index (χ1) is 15.0. The van der Waals surface area contributed by atoms with Gasteiger partial charge in [-0.15, -0.1) is 0 Å². The van der Waals surface area contributed by atoms with Crippen molar-refractivity contribution in [1.29, 1.82) is 0 Å². The third-order valence-corrected chi connectivity index (χ3v) is 5.89. The minimum atomic E-state index is -0.407. The first kappa shape index (κ1) is 21.2. The van der Waals surface area contributed by atoms with Crippen molar-refractivity contribution >= 4 is 51.4 Å². The quantitative estimate of drug-likeness (QED) is 0.280. The van der Waals surface area contributed by atoms with Crippen LogP contribution in [0.1, 0.15) is 18.1 Å². The SMILES string of the molecule is CCN1C(=O)N/C(=C/c2cc(I)c(OCc3cccc4ccccc34)c(OC)c2)C1=O. The first-order valence-electron chi connectivity index (χ1n) is 9.83. The Morgan fingerprint density at radius 2 is 1.87 bits per heavy atom. The van der Waals surface area contributed by atoms with E-state index in [1.807, 2.05) is 30.3 Å². The molecule has 3 amide bonds. The van der Waals surface area contributed by atoms with E-state index in [4.69, 9.17) is 9.47 Å². The third kappa shape index (κ3) is 4.23. The van der Waals surface area contributed by atoms with Crippen molar-refractivity contribution in [1.82, 2.24) is 10.2 Å². The maximum atomic E-state index is 12.3. The van der Waals surface area contributed by atoms with Crippen LogP contribution in [0.4, 0.5) is 4.79 Å². The van der Waals surface area contributed by atoms with Gasteiger partial charge < -0.3 is 14.8 Å². The van der Waals surface area contributed by atoms with Crippen LogP contribution >= 0.6 is 22.6 Å². The van der Waals surface area contributed by atoms with Gasteiger partial charge in [0.2, 0.25) is 0 Å². The Hall–Kier alpha value is -3.07. The van der Waals surface area contributed by atoms with Gasteiger partial charge in [-0.1, -0.05) is 42.5 Å². The van der Waals surface area contributed by atoms with Gasteiger partial charge in [0, 0.05) is 6.54 Å². The number of nitrogens with zero attached hydrogens (tertiary/aromatic N) is 1. The summed E-state index contributed by atoms with van der Waals surface area (Å²) in [5.41, 5.74) is 2.07. The molecule has 0 aromatic heterocycles. The van der Waals surface area contributed by atoms with Crippen LogP contribution in [0.25, 0.3) is 16.8 Å². The van der Waals surface area contributed by atoms with Crippen LogP contribution in [0, 0.1) is 3.57 Å². The molecule has 0 bridgehead atoms. The molecule has 158 valence electrons. The summed E-state index contributed by atoms with van der Waals surface area (Å²) >= 11 is 2.19. The van der Waals surface area contributed by atoms with Gasteiger partial charge in [-0.25, -0.2) is 4.79 Å². The number of carbonyl (C=O) groups excluding carboxylic acids is 2. The monoisotopic (exact) mass is 528 g/mol. The van der Waals surface area contributed by atoms with Crippen LogP contribution in [0.3, 0.4) is 0 Å². The Labute approximate surface area is 194 Å². The topological polar surface area (TPSA) is 67.9 Å². The van der Waals surface area contributed by atoms with Crippen LogP contribution in [0.15, 0.2) is 60.3 Å². The number of ether oxygens (including phenoxy) is 2. The van der Waals surface area contributed by atoms with Gasteiger partial charge in [0.05, 0.1) is 10.7 Å². The molecule has 0 radical (unpaired) electrons. The summed E-state index contributed by atoms with van der Waals surface area (Å²) in [6.45, 7) is 2.48. The lowest BCUT2D eigenvalue weighted by Crippen LogP contribution is -2.30. The van der Waals surface area contributed by atoms with Crippen molar-refractivity contribution in [3.05, 3.63) is 75.0 Å². The molecular weight excluding hydrogens is 507 g/mol. The second kappa shape index (κ2) is 8.97. The molecule has 6 nitrogen and oxygen atoms in total. The molecule has 0 spiro atoms. The molecule has 4 rings (SSSR count). The highest BCUT2D eigenvalue weighted by Gasteiger charge is 2.32. The first-order valence-corrected chi connectivity index (χ1v) is 10.9. The third-order valence-electron chi connectivity index (χ3n) is 5.09. The van der Waals surface area contributed by atoms with Crippen molar-refractivity contribution in [3.8, 4) is 11.5 Å². The van der Waals surface area contributed by atoms with Crippen molar-refractivity contribution in [2.24, 2.45) is 0 Å². The summed E-state index contributed by atoms with van der Waals surface area (Å²) in [5.74, 6) is 0.857. The average molecular weight is 528 g/mol. The minimum absolute atomic E-state index is 0.245. The number of rotatable bonds is 6. The molecule has 1 aliphatic heterocycles. The maximum absolute atomic E-state index is 12.3. The molecule has 3 aromatic rings. The molecule has 31 heavy (non-hydrogen) atoms. The number of fused-ring (bicyclic) bond motifs is 1. The molecule has 0 saturated carbocycles. The number of likely N-dealkylation sites (N-methyl/N-ethyl adjacent to an activating group) is 1. The number of hydrogen-bond acceptors (Lipinski definition) is 4. The van der Waals surface area contributed by atoms with Crippen LogP contribution in [0.2, 0.25) is 0 Å². The van der Waals surface area contributed by atoms with E-state index in [-0.39, 0.29) is 11.6 Å². The predicted octanol–water partition coefficient (Wildman–Crippen LogP) is 4.94. The number of nitrogens with one attached hydrogen (secondary N) is 1. The number of imide groups is 1. The molecule has 1 N–H and O–H groups in total. The van der Waals surface area contributed by atoms with Gasteiger partial charge in [0.15, 0.2) is 11.5 Å². The Kier molecular flexibility index (Phi) is 6.13. The fourth-order valence-electron chi connectivity index (χ4n) is 3.56. The smallest absolute Gasteiger partial charge is 0.328 e. The van der Waals surface area contributed by atoms with Crippen molar-refractivity contribution < 1.29 is 19.1 Å². The standard InChI is InChI=1S/C24H21IN2O4/c1-3-27-23(28)20(26-24(27)29)12-15-11-19(25)22(21(13-15)30-2)31-14-17-9-6-8-16-7-4-5-10-18(16)17/h4-13H,3,14H2,1-2H3,(H,26,29)/b20-12+. The Balaban J connectivity index is 1.61. The number of amides is 3. The number of benzene rings is 3. The number of carbonyl (C=O) groups is 2. The van der Waals surface area contributed by atoms with E-state index < -0.39 is 6.03 Å². The van der Waals surface area contributed by atoms with Crippen LogP contribution < -0.4 is 14.8 Å². The van der Waals surface area contributed by atoms with Gasteiger partial charge in [0.25, 0.3) is 5.91 Å². The van der Waals surface area contributed by atoms with E-state index in [1.165, 1.54) is 0 Å². The van der Waals surface area contributed by atoms with Crippen molar-refractivity contribution in [2.45, 2.75) is 13.5 Å². The highest BCUT2D eigenvalue weighted by atomic mass is 127. The molecule has 0 aliphatic carbocycles. The number of methoxy groups -OCH3 is 1. The Bertz CT molecular complexity index is 1200. The zero-order valence-corrected chi connectivity index (χ0v) is 19.3. The Morgan fingerprint density at radius 3 is 2.61 bits per heavy atom. The fraction of sp³-hybridized carbons (Fsp3) is 0.167. The lowest BCUT2D eigenvalue weighted by molar-refractivity contribution is -0.122. The van der Waals surface area contributed by atoms with Gasteiger partial charge >= 0.3 is 6.03 Å². The number of halogens is 1. The number of hydrogen-bond donors (Lipinski definition) is 1. The average Bonchev–Trinajstić information content (AvgIpc) is 3.04. The molecule has 3 aromatic carbocycles. The summed E-state index contributed by atoms with van der Waals surface area (Å²) in [6.07, 6.45) is 1.65. The summed E-state index contributed by atoms with van der Waals surface area (Å²) in [5, 5.41) is 4.93. The zero-order valence-electron chi connectivity index (χ0n) is 17.1. The lowest BCUT2D eigenvalue weighted by atomic mass is 10.1. The minimum Gasteiger partial charge on any atom is -0.493 e. The summed E-state index contributed by atoms with van der Waals surface area (Å²) in [7, 11) is 1.58. The second-order valence-electron chi connectivity index (χ2n) is 7.00. The van der Waals surface area contributed by atoms with E-state index in [2.05, 4.69) is 46.1 Å². The summed E-state index contributed by atoms with van der Waals surface area (Å²) in [4.78, 5) is 25.4. The molecule has 0 atom stereocenters. The van der Waals surface area contributed by atoms with E-state index in [0.29, 0.717) is 24.7 Å². The molecule has 1 saturated heterocycles. The highest BCUT2D eigenvalue weighted by Crippen LogP contribution is 2.35. The molecular formula is C24H21IN2O4. The second-order valence-corrected chi connectivity index (χ2v) is 8.16. The Morgan fingerprint density at radius 1 is 1.10 bits per heavy atom. The fourth-order valence-corrected chi connectivity index (χ4v) is 4.34. The van der Waals surface area contributed by atoms with E-state index in [0.717, 1.165) is 30.4 Å². The molecule has 1 aliphatic rings. The van der Waals surface area contributed by atoms with Gasteiger partial charge in [-0.3, -0.25) is 9.69 Å². The van der Waals surface area contributed by atoms with E-state index in [9.17, 15) is 9.59 Å². The van der Waals surface area contributed by atoms with Gasteiger partial charge in [-0.2, -0.15) is 0 Å². The van der Waals surface area contributed by atoms with E-state index >= 15 is 0 Å². The van der Waals surface area contributed by atoms with Crippen LogP contribution in [0.5, 0.6) is 11.5 Å². The highest BCUT2D eigenvalue weighted by molar-refractivity contribution is 14.1. The number of urea groups is 1. The zero-order chi connectivity index (χ0) is 22.0. The largest absolute Gasteiger partial charge is 0.493 e. The van der Waals surface area contributed by atoms with Crippen molar-refractivity contribution in [2.75, 3.05) is 13.7 Å². The summed E-state index contributed by atoms with van der Waals surface area (Å²) < 4.78 is 12.5. The molecule has 1 fully saturated rings. The molecule has 1 heterocycles. The van der Waals surface area contributed by atoms with E-state index in [1.54, 1.807) is 26.2 Å². The van der Waals surface area contributed by atoms with Gasteiger partial charge in [0.1, 0.15) is 12.3 Å². The van der Waals surface area contributed by atoms with Crippen LogP contribution in [-0.2, 0) is 11.4 Å². The van der Waals surface area contributed by atoms with Crippen molar-refractivity contribution in [3.63, 3.8) is 0 Å².